The molecule has 2 heterocycles. The Labute approximate surface area is 171 Å². The Morgan fingerprint density at radius 2 is 1.97 bits per heavy atom. The molecule has 9 nitrogen and oxygen atoms in total. The quantitative estimate of drug-likeness (QED) is 0.554. The van der Waals surface area contributed by atoms with E-state index in [4.69, 9.17) is 0 Å². The van der Waals surface area contributed by atoms with Crippen molar-refractivity contribution in [3.05, 3.63) is 30.1 Å². The molecule has 3 N–H and O–H groups in total. The topological polar surface area (TPSA) is 115 Å². The molecule has 0 bridgehead atoms. The Bertz CT molecular complexity index is 712. The van der Waals surface area contributed by atoms with Crippen molar-refractivity contribution < 1.29 is 19.5 Å². The fourth-order valence-electron chi connectivity index (χ4n) is 3.28. The van der Waals surface area contributed by atoms with Gasteiger partial charge in [-0.2, -0.15) is 0 Å². The van der Waals surface area contributed by atoms with E-state index in [0.717, 1.165) is 5.69 Å². The van der Waals surface area contributed by atoms with E-state index in [1.165, 1.54) is 4.90 Å². The standard InChI is InChI=1S/C20H31N5O4/c1-13(2)17(23-18(26)14(3)21-4)19(27)25-10-9-24(12-16(25)20(28)29)11-15-7-5-6-8-22-15/h5-8,13-14,16-17,21H,9-12H2,1-4H3,(H,23,26)(H,28,29). The molecular weight excluding hydrogens is 374 g/mol. The van der Waals surface area contributed by atoms with Crippen LogP contribution in [-0.4, -0.2) is 82.5 Å². The summed E-state index contributed by atoms with van der Waals surface area (Å²) in [4.78, 5) is 45.0. The highest BCUT2D eigenvalue weighted by Gasteiger charge is 2.39. The van der Waals surface area contributed by atoms with Crippen molar-refractivity contribution >= 4 is 17.8 Å². The first-order valence-corrected chi connectivity index (χ1v) is 9.87. The summed E-state index contributed by atoms with van der Waals surface area (Å²) < 4.78 is 0. The third-order valence-corrected chi connectivity index (χ3v) is 5.20. The van der Waals surface area contributed by atoms with Crippen LogP contribution in [0.2, 0.25) is 0 Å². The van der Waals surface area contributed by atoms with Crippen molar-refractivity contribution in [2.24, 2.45) is 5.92 Å². The Morgan fingerprint density at radius 3 is 2.52 bits per heavy atom. The highest BCUT2D eigenvalue weighted by atomic mass is 16.4. The molecule has 1 fully saturated rings. The van der Waals surface area contributed by atoms with Gasteiger partial charge >= 0.3 is 5.97 Å². The number of piperazine rings is 1. The monoisotopic (exact) mass is 405 g/mol. The number of carboxylic acids is 1. The van der Waals surface area contributed by atoms with E-state index in [2.05, 4.69) is 15.6 Å². The lowest BCUT2D eigenvalue weighted by Gasteiger charge is -2.41. The maximum absolute atomic E-state index is 13.2. The number of hydrogen-bond donors (Lipinski definition) is 3. The summed E-state index contributed by atoms with van der Waals surface area (Å²) in [5.41, 5.74) is 0.852. The van der Waals surface area contributed by atoms with Crippen molar-refractivity contribution in [2.45, 2.75) is 45.4 Å². The molecule has 29 heavy (non-hydrogen) atoms. The molecule has 0 radical (unpaired) electrons. The maximum Gasteiger partial charge on any atom is 0.327 e. The SMILES string of the molecule is CNC(C)C(=O)NC(C(=O)N1CCN(Cc2ccccn2)CC1C(=O)O)C(C)C. The van der Waals surface area contributed by atoms with Crippen molar-refractivity contribution in [1.82, 2.24) is 25.4 Å². The first kappa shape index (κ1) is 22.8. The normalized spacial score (nSPS) is 19.6. The zero-order chi connectivity index (χ0) is 21.6. The molecule has 160 valence electrons. The number of carbonyl (C=O) groups is 3. The molecule has 0 spiro atoms. The molecule has 0 aliphatic carbocycles. The summed E-state index contributed by atoms with van der Waals surface area (Å²) in [6, 6.07) is 3.41. The summed E-state index contributed by atoms with van der Waals surface area (Å²) in [5, 5.41) is 15.3. The number of hydrogen-bond acceptors (Lipinski definition) is 6. The number of aliphatic carboxylic acids is 1. The van der Waals surface area contributed by atoms with Crippen molar-refractivity contribution in [2.75, 3.05) is 26.7 Å². The second-order valence-corrected chi connectivity index (χ2v) is 7.68. The molecule has 2 rings (SSSR count). The summed E-state index contributed by atoms with van der Waals surface area (Å²) in [7, 11) is 1.66. The molecule has 9 heteroatoms. The minimum Gasteiger partial charge on any atom is -0.480 e. The first-order chi connectivity index (χ1) is 13.7. The number of likely N-dealkylation sites (N-methyl/N-ethyl adjacent to an activating group) is 1. The number of carboxylic acid groups (broad SMARTS) is 1. The first-order valence-electron chi connectivity index (χ1n) is 9.87. The van der Waals surface area contributed by atoms with Crippen molar-refractivity contribution in [3.63, 3.8) is 0 Å². The van der Waals surface area contributed by atoms with E-state index in [1.807, 2.05) is 36.9 Å². The average Bonchev–Trinajstić information content (AvgIpc) is 2.71. The van der Waals surface area contributed by atoms with Gasteiger partial charge in [0.2, 0.25) is 11.8 Å². The van der Waals surface area contributed by atoms with Crippen LogP contribution in [0.15, 0.2) is 24.4 Å². The summed E-state index contributed by atoms with van der Waals surface area (Å²) in [5.74, 6) is -1.88. The second kappa shape index (κ2) is 10.3. The van der Waals surface area contributed by atoms with Crippen LogP contribution in [-0.2, 0) is 20.9 Å². The van der Waals surface area contributed by atoms with Crippen molar-refractivity contribution in [1.29, 1.82) is 0 Å². The highest BCUT2D eigenvalue weighted by Crippen LogP contribution is 2.17. The number of nitrogens with zero attached hydrogens (tertiary/aromatic N) is 3. The Kier molecular flexibility index (Phi) is 8.10. The minimum atomic E-state index is -1.05. The van der Waals surface area contributed by atoms with Crippen LogP contribution in [0.25, 0.3) is 0 Å². The molecule has 1 aromatic heterocycles. The molecule has 1 aromatic rings. The molecule has 1 aliphatic rings. The third kappa shape index (κ3) is 5.98. The van der Waals surface area contributed by atoms with E-state index in [0.29, 0.717) is 13.1 Å². The second-order valence-electron chi connectivity index (χ2n) is 7.68. The van der Waals surface area contributed by atoms with Gasteiger partial charge in [-0.3, -0.25) is 19.5 Å². The smallest absolute Gasteiger partial charge is 0.327 e. The number of rotatable bonds is 8. The third-order valence-electron chi connectivity index (χ3n) is 5.20. The van der Waals surface area contributed by atoms with Gasteiger partial charge < -0.3 is 20.6 Å². The van der Waals surface area contributed by atoms with Gasteiger partial charge in [-0.15, -0.1) is 0 Å². The van der Waals surface area contributed by atoms with Crippen LogP contribution in [0.3, 0.4) is 0 Å². The maximum atomic E-state index is 13.2. The van der Waals surface area contributed by atoms with Crippen LogP contribution >= 0.6 is 0 Å². The fourth-order valence-corrected chi connectivity index (χ4v) is 3.28. The van der Waals surface area contributed by atoms with Crippen LogP contribution in [0.4, 0.5) is 0 Å². The lowest BCUT2D eigenvalue weighted by atomic mass is 10.00. The fraction of sp³-hybridized carbons (Fsp3) is 0.600. The van der Waals surface area contributed by atoms with Crippen LogP contribution in [0.1, 0.15) is 26.5 Å². The Balaban J connectivity index is 2.11. The minimum absolute atomic E-state index is 0.170. The van der Waals surface area contributed by atoms with E-state index >= 15 is 0 Å². The number of aromatic nitrogens is 1. The highest BCUT2D eigenvalue weighted by molar-refractivity contribution is 5.92. The molecular formula is C20H31N5O4. The van der Waals surface area contributed by atoms with E-state index in [1.54, 1.807) is 20.2 Å². The summed E-state index contributed by atoms with van der Waals surface area (Å²) >= 11 is 0. The van der Waals surface area contributed by atoms with Gasteiger partial charge in [0.05, 0.1) is 11.7 Å². The Morgan fingerprint density at radius 1 is 1.24 bits per heavy atom. The van der Waals surface area contributed by atoms with Gasteiger partial charge in [-0.1, -0.05) is 19.9 Å². The zero-order valence-electron chi connectivity index (χ0n) is 17.5. The van der Waals surface area contributed by atoms with Gasteiger partial charge in [-0.05, 0) is 32.0 Å². The number of pyridine rings is 1. The Hall–Kier alpha value is -2.52. The predicted octanol–water partition coefficient (Wildman–Crippen LogP) is -0.0723. The van der Waals surface area contributed by atoms with E-state index in [-0.39, 0.29) is 30.8 Å². The predicted molar refractivity (Wildman–Crippen MR) is 108 cm³/mol. The molecule has 1 saturated heterocycles. The van der Waals surface area contributed by atoms with Gasteiger partial charge in [0.15, 0.2) is 0 Å². The number of carbonyl (C=O) groups excluding carboxylic acids is 2. The lowest BCUT2D eigenvalue weighted by molar-refractivity contribution is -0.155. The van der Waals surface area contributed by atoms with E-state index < -0.39 is 24.1 Å². The molecule has 1 aliphatic heterocycles. The summed E-state index contributed by atoms with van der Waals surface area (Å²) in [6.45, 7) is 6.93. The lowest BCUT2D eigenvalue weighted by Crippen LogP contribution is -2.63. The van der Waals surface area contributed by atoms with Gasteiger partial charge in [0.25, 0.3) is 0 Å². The number of nitrogens with one attached hydrogen (secondary N) is 2. The average molecular weight is 405 g/mol. The van der Waals surface area contributed by atoms with Gasteiger partial charge in [-0.25, -0.2) is 4.79 Å². The number of amides is 2. The summed E-state index contributed by atoms with van der Waals surface area (Å²) in [6.07, 6.45) is 1.70. The van der Waals surface area contributed by atoms with Gasteiger partial charge in [0, 0.05) is 32.4 Å². The molecule has 0 saturated carbocycles. The zero-order valence-corrected chi connectivity index (χ0v) is 17.5. The van der Waals surface area contributed by atoms with E-state index in [9.17, 15) is 19.5 Å². The largest absolute Gasteiger partial charge is 0.480 e. The van der Waals surface area contributed by atoms with Crippen molar-refractivity contribution in [3.8, 4) is 0 Å². The molecule has 2 amide bonds. The van der Waals surface area contributed by atoms with Crippen LogP contribution in [0.5, 0.6) is 0 Å². The molecule has 3 atom stereocenters. The van der Waals surface area contributed by atoms with Crippen LogP contribution < -0.4 is 10.6 Å². The van der Waals surface area contributed by atoms with Gasteiger partial charge in [0.1, 0.15) is 12.1 Å². The molecule has 3 unspecified atom stereocenters. The molecule has 0 aromatic carbocycles. The van der Waals surface area contributed by atoms with Crippen LogP contribution in [0, 0.1) is 5.92 Å².